The average molecular weight is 436 g/mol. The molecule has 2 aromatic carbocycles. The van der Waals surface area contributed by atoms with Crippen molar-refractivity contribution in [1.82, 2.24) is 5.32 Å². The highest BCUT2D eigenvalue weighted by molar-refractivity contribution is 7.20. The van der Waals surface area contributed by atoms with Gasteiger partial charge in [0.05, 0.1) is 11.3 Å². The molecule has 6 heteroatoms. The molecule has 0 radical (unpaired) electrons. The molecule has 162 valence electrons. The van der Waals surface area contributed by atoms with Crippen molar-refractivity contribution in [3.05, 3.63) is 65.0 Å². The third kappa shape index (κ3) is 5.51. The summed E-state index contributed by atoms with van der Waals surface area (Å²) in [6.45, 7) is 1.43. The van der Waals surface area contributed by atoms with Crippen LogP contribution in [0.15, 0.2) is 54.6 Å². The number of anilines is 1. The number of hydrogen-bond donors (Lipinski definition) is 3. The highest BCUT2D eigenvalue weighted by atomic mass is 32.1. The Morgan fingerprint density at radius 2 is 1.81 bits per heavy atom. The molecule has 0 spiro atoms. The maximum Gasteiger partial charge on any atom is 0.265 e. The molecule has 2 unspecified atom stereocenters. The molecule has 0 saturated heterocycles. The molecule has 4 N–H and O–H groups in total. The minimum absolute atomic E-state index is 0.0153. The van der Waals surface area contributed by atoms with Gasteiger partial charge in [-0.15, -0.1) is 11.3 Å². The molecule has 2 atom stereocenters. The summed E-state index contributed by atoms with van der Waals surface area (Å²) >= 11 is 1.47. The van der Waals surface area contributed by atoms with E-state index in [4.69, 9.17) is 5.73 Å². The number of hydrogen-bond acceptors (Lipinski definition) is 4. The first-order chi connectivity index (χ1) is 15.1. The highest BCUT2D eigenvalue weighted by Crippen LogP contribution is 2.28. The predicted octanol–water partition coefficient (Wildman–Crippen LogP) is 4.58. The number of nitrogens with one attached hydrogen (secondary N) is 2. The summed E-state index contributed by atoms with van der Waals surface area (Å²) in [5.41, 5.74) is 7.32. The molecule has 1 aromatic heterocycles. The third-order valence-corrected chi connectivity index (χ3v) is 7.19. The van der Waals surface area contributed by atoms with E-state index in [9.17, 15) is 9.59 Å². The van der Waals surface area contributed by atoms with E-state index in [0.29, 0.717) is 28.9 Å². The first-order valence-corrected chi connectivity index (χ1v) is 11.8. The lowest BCUT2D eigenvalue weighted by Crippen LogP contribution is -2.34. The van der Waals surface area contributed by atoms with Gasteiger partial charge in [0.25, 0.3) is 5.91 Å². The Morgan fingerprint density at radius 3 is 2.65 bits per heavy atom. The normalized spacial score (nSPS) is 18.6. The van der Waals surface area contributed by atoms with Crippen LogP contribution in [0.5, 0.6) is 0 Å². The molecule has 1 fully saturated rings. The van der Waals surface area contributed by atoms with Crippen molar-refractivity contribution in [3.8, 4) is 0 Å². The van der Waals surface area contributed by atoms with E-state index in [1.54, 1.807) is 0 Å². The standard InChI is InChI=1S/C25H29N3O2S/c26-15-17-6-5-7-18(12-17)16-27-24(29)14-19-8-1-3-10-21(19)28-25(30)23-13-20-9-2-4-11-22(20)31-23/h1-4,8-11,13,17-18H,5-7,12,14-16,26H2,(H,27,29)(H,28,30). The summed E-state index contributed by atoms with van der Waals surface area (Å²) < 4.78 is 1.08. The summed E-state index contributed by atoms with van der Waals surface area (Å²) in [4.78, 5) is 26.0. The van der Waals surface area contributed by atoms with Crippen LogP contribution in [-0.4, -0.2) is 24.9 Å². The maximum absolute atomic E-state index is 12.8. The van der Waals surface area contributed by atoms with Crippen LogP contribution in [0.25, 0.3) is 10.1 Å². The van der Waals surface area contributed by atoms with Crippen LogP contribution in [0.3, 0.4) is 0 Å². The van der Waals surface area contributed by atoms with Crippen LogP contribution in [0.4, 0.5) is 5.69 Å². The molecule has 4 rings (SSSR count). The van der Waals surface area contributed by atoms with E-state index < -0.39 is 0 Å². The fourth-order valence-corrected chi connectivity index (χ4v) is 5.33. The van der Waals surface area contributed by atoms with Gasteiger partial charge in [0, 0.05) is 16.9 Å². The van der Waals surface area contributed by atoms with Crippen LogP contribution in [-0.2, 0) is 11.2 Å². The molecular weight excluding hydrogens is 406 g/mol. The van der Waals surface area contributed by atoms with Crippen molar-refractivity contribution in [3.63, 3.8) is 0 Å². The van der Waals surface area contributed by atoms with Gasteiger partial charge in [-0.1, -0.05) is 42.8 Å². The zero-order valence-corrected chi connectivity index (χ0v) is 18.4. The van der Waals surface area contributed by atoms with Gasteiger partial charge in [-0.05, 0) is 66.8 Å². The Labute approximate surface area is 187 Å². The van der Waals surface area contributed by atoms with Crippen molar-refractivity contribution >= 4 is 38.9 Å². The SMILES string of the molecule is NCC1CCCC(CNC(=O)Cc2ccccc2NC(=O)c2cc3ccccc3s2)C1. The maximum atomic E-state index is 12.8. The van der Waals surface area contributed by atoms with Crippen LogP contribution in [0.2, 0.25) is 0 Å². The third-order valence-electron chi connectivity index (χ3n) is 6.08. The van der Waals surface area contributed by atoms with E-state index >= 15 is 0 Å². The van der Waals surface area contributed by atoms with Gasteiger partial charge in [0.15, 0.2) is 0 Å². The lowest BCUT2D eigenvalue weighted by molar-refractivity contribution is -0.120. The number of benzene rings is 2. The Kier molecular flexibility index (Phi) is 6.99. The lowest BCUT2D eigenvalue weighted by Gasteiger charge is -2.28. The molecule has 31 heavy (non-hydrogen) atoms. The molecule has 1 saturated carbocycles. The van der Waals surface area contributed by atoms with Gasteiger partial charge in [-0.3, -0.25) is 9.59 Å². The van der Waals surface area contributed by atoms with Crippen LogP contribution >= 0.6 is 11.3 Å². The zero-order chi connectivity index (χ0) is 21.6. The number of para-hydroxylation sites is 1. The van der Waals surface area contributed by atoms with E-state index in [2.05, 4.69) is 10.6 Å². The van der Waals surface area contributed by atoms with E-state index in [1.807, 2.05) is 54.6 Å². The topological polar surface area (TPSA) is 84.2 Å². The summed E-state index contributed by atoms with van der Waals surface area (Å²) in [7, 11) is 0. The number of thiophene rings is 1. The number of fused-ring (bicyclic) bond motifs is 1. The number of nitrogens with two attached hydrogens (primary N) is 1. The molecule has 1 aliphatic carbocycles. The molecule has 5 nitrogen and oxygen atoms in total. The van der Waals surface area contributed by atoms with Crippen LogP contribution in [0, 0.1) is 11.8 Å². The largest absolute Gasteiger partial charge is 0.356 e. The molecule has 1 aliphatic rings. The predicted molar refractivity (Wildman–Crippen MR) is 127 cm³/mol. The number of amides is 2. The summed E-state index contributed by atoms with van der Waals surface area (Å²) in [5, 5.41) is 7.13. The minimum atomic E-state index is -0.149. The average Bonchev–Trinajstić information content (AvgIpc) is 3.24. The van der Waals surface area contributed by atoms with Gasteiger partial charge in [-0.25, -0.2) is 0 Å². The summed E-state index contributed by atoms with van der Waals surface area (Å²) in [6.07, 6.45) is 4.88. The number of rotatable bonds is 7. The molecule has 2 amide bonds. The summed E-state index contributed by atoms with van der Waals surface area (Å²) in [6, 6.07) is 17.4. The monoisotopic (exact) mass is 435 g/mol. The van der Waals surface area contributed by atoms with Crippen molar-refractivity contribution in [2.75, 3.05) is 18.4 Å². The van der Waals surface area contributed by atoms with E-state index in [-0.39, 0.29) is 18.2 Å². The van der Waals surface area contributed by atoms with Crippen molar-refractivity contribution in [2.45, 2.75) is 32.1 Å². The first kappa shape index (κ1) is 21.5. The Bertz CT molecular complexity index is 1030. The zero-order valence-electron chi connectivity index (χ0n) is 17.6. The van der Waals surface area contributed by atoms with E-state index in [1.165, 1.54) is 24.2 Å². The second-order valence-electron chi connectivity index (χ2n) is 8.37. The minimum Gasteiger partial charge on any atom is -0.356 e. The molecular formula is C25H29N3O2S. The van der Waals surface area contributed by atoms with Gasteiger partial charge in [-0.2, -0.15) is 0 Å². The number of carbonyl (C=O) groups is 2. The molecule has 3 aromatic rings. The Hall–Kier alpha value is -2.70. The second-order valence-corrected chi connectivity index (χ2v) is 9.46. The van der Waals surface area contributed by atoms with Gasteiger partial charge in [0.1, 0.15) is 0 Å². The summed E-state index contributed by atoms with van der Waals surface area (Å²) in [5.74, 6) is 0.928. The quantitative estimate of drug-likeness (QED) is 0.508. The van der Waals surface area contributed by atoms with Crippen molar-refractivity contribution in [1.29, 1.82) is 0 Å². The van der Waals surface area contributed by atoms with Crippen LogP contribution < -0.4 is 16.4 Å². The second kappa shape index (κ2) is 10.1. The lowest BCUT2D eigenvalue weighted by atomic mass is 9.81. The van der Waals surface area contributed by atoms with E-state index in [0.717, 1.165) is 35.0 Å². The van der Waals surface area contributed by atoms with Crippen molar-refractivity contribution in [2.24, 2.45) is 17.6 Å². The van der Waals surface area contributed by atoms with Crippen LogP contribution in [0.1, 0.15) is 40.9 Å². The molecule has 0 aliphatic heterocycles. The molecule has 0 bridgehead atoms. The van der Waals surface area contributed by atoms with Gasteiger partial charge < -0.3 is 16.4 Å². The highest BCUT2D eigenvalue weighted by Gasteiger charge is 2.21. The Balaban J connectivity index is 1.36. The fourth-order valence-electron chi connectivity index (χ4n) is 4.37. The fraction of sp³-hybridized carbons (Fsp3) is 0.360. The number of carbonyl (C=O) groups excluding carboxylic acids is 2. The Morgan fingerprint density at radius 1 is 1.03 bits per heavy atom. The van der Waals surface area contributed by atoms with Crippen molar-refractivity contribution < 1.29 is 9.59 Å². The first-order valence-electron chi connectivity index (χ1n) is 11.0. The van der Waals surface area contributed by atoms with Gasteiger partial charge in [0.2, 0.25) is 5.91 Å². The smallest absolute Gasteiger partial charge is 0.265 e. The molecule has 1 heterocycles. The van der Waals surface area contributed by atoms with Gasteiger partial charge >= 0.3 is 0 Å².